The summed E-state index contributed by atoms with van der Waals surface area (Å²) in [6.07, 6.45) is 5.34. The second kappa shape index (κ2) is 9.14. The number of rotatable bonds is 4. The van der Waals surface area contributed by atoms with E-state index in [1.165, 1.54) is 11.3 Å². The predicted molar refractivity (Wildman–Crippen MR) is 152 cm³/mol. The Balaban J connectivity index is 1.43. The number of benzene rings is 2. The number of hydrogen-bond acceptors (Lipinski definition) is 5. The number of anilines is 2. The number of pyridine rings is 2. The van der Waals surface area contributed by atoms with Crippen LogP contribution in [0.2, 0.25) is 0 Å². The molecule has 0 bridgehead atoms. The fourth-order valence-corrected chi connectivity index (χ4v) is 4.88. The molecule has 0 amide bonds. The molecule has 3 aromatic heterocycles. The topological polar surface area (TPSA) is 56.1 Å². The Morgan fingerprint density at radius 2 is 1.68 bits per heavy atom. The number of para-hydroxylation sites is 1. The van der Waals surface area contributed by atoms with Crippen LogP contribution in [0.15, 0.2) is 85.3 Å². The molecule has 1 aliphatic heterocycles. The number of hydrogen-bond donors (Lipinski definition) is 0. The van der Waals surface area contributed by atoms with E-state index in [0.717, 1.165) is 45.5 Å². The first-order valence-electron chi connectivity index (χ1n) is 12.9. The van der Waals surface area contributed by atoms with Gasteiger partial charge in [-0.25, -0.2) is 4.98 Å². The van der Waals surface area contributed by atoms with Crippen molar-refractivity contribution in [2.24, 2.45) is 0 Å². The maximum Gasteiger partial charge on any atom is 0.146 e. The number of aryl methyl sites for hydroxylation is 1. The molecule has 1 aliphatic rings. The van der Waals surface area contributed by atoms with Gasteiger partial charge in [-0.15, -0.1) is 0 Å². The molecular formula is C32H31N5O. The minimum absolute atomic E-state index is 0.0653. The van der Waals surface area contributed by atoms with Gasteiger partial charge in [-0.1, -0.05) is 39.0 Å². The van der Waals surface area contributed by atoms with Crippen molar-refractivity contribution in [2.45, 2.75) is 46.7 Å². The van der Waals surface area contributed by atoms with Crippen molar-refractivity contribution in [3.8, 4) is 34.1 Å². The summed E-state index contributed by atoms with van der Waals surface area (Å²) in [4.78, 5) is 16.1. The molecule has 0 saturated heterocycles. The minimum atomic E-state index is -0.0653. The van der Waals surface area contributed by atoms with E-state index < -0.39 is 0 Å². The summed E-state index contributed by atoms with van der Waals surface area (Å²) in [6.45, 7) is 11.6. The van der Waals surface area contributed by atoms with E-state index >= 15 is 0 Å². The number of ether oxygens (including phenoxy) is 1. The first-order valence-corrected chi connectivity index (χ1v) is 12.9. The van der Waals surface area contributed by atoms with Gasteiger partial charge in [0, 0.05) is 41.0 Å². The highest BCUT2D eigenvalue weighted by atomic mass is 16.5. The van der Waals surface area contributed by atoms with Crippen LogP contribution < -0.4 is 9.64 Å². The summed E-state index contributed by atoms with van der Waals surface area (Å²) < 4.78 is 8.75. The first-order chi connectivity index (χ1) is 18.3. The average Bonchev–Trinajstić information content (AvgIpc) is 3.21. The Hall–Kier alpha value is -4.45. The van der Waals surface area contributed by atoms with Gasteiger partial charge in [-0.2, -0.15) is 0 Å². The molecule has 190 valence electrons. The van der Waals surface area contributed by atoms with Gasteiger partial charge in [-0.3, -0.25) is 9.97 Å². The average molecular weight is 502 g/mol. The Bertz CT molecular complexity index is 1630. The predicted octanol–water partition coefficient (Wildman–Crippen LogP) is 7.82. The van der Waals surface area contributed by atoms with Crippen LogP contribution in [0.3, 0.4) is 0 Å². The van der Waals surface area contributed by atoms with E-state index in [2.05, 4.69) is 96.5 Å². The highest BCUT2D eigenvalue weighted by molar-refractivity contribution is 5.82. The molecule has 0 radical (unpaired) electrons. The lowest BCUT2D eigenvalue weighted by atomic mass is 9.86. The van der Waals surface area contributed by atoms with Gasteiger partial charge < -0.3 is 14.2 Å². The molecule has 0 aliphatic carbocycles. The highest BCUT2D eigenvalue weighted by Crippen LogP contribution is 2.43. The van der Waals surface area contributed by atoms with Crippen molar-refractivity contribution >= 4 is 11.4 Å². The zero-order valence-corrected chi connectivity index (χ0v) is 22.4. The van der Waals surface area contributed by atoms with Crippen LogP contribution in [0.4, 0.5) is 11.4 Å². The zero-order chi connectivity index (χ0) is 26.4. The van der Waals surface area contributed by atoms with Crippen LogP contribution in [0.5, 0.6) is 11.5 Å². The molecule has 6 rings (SSSR count). The fraction of sp³-hybridized carbons (Fsp3) is 0.219. The molecule has 6 nitrogen and oxygen atoms in total. The van der Waals surface area contributed by atoms with E-state index in [1.54, 1.807) is 12.4 Å². The van der Waals surface area contributed by atoms with Gasteiger partial charge in [0.15, 0.2) is 0 Å². The molecular weight excluding hydrogens is 470 g/mol. The van der Waals surface area contributed by atoms with Crippen LogP contribution in [0.25, 0.3) is 22.6 Å². The first kappa shape index (κ1) is 23.9. The largest absolute Gasteiger partial charge is 0.456 e. The second-order valence-corrected chi connectivity index (χ2v) is 10.8. The zero-order valence-electron chi connectivity index (χ0n) is 22.4. The minimum Gasteiger partial charge on any atom is -0.456 e. The normalized spacial score (nSPS) is 12.7. The molecule has 0 N–H and O–H groups in total. The fourth-order valence-electron chi connectivity index (χ4n) is 4.88. The summed E-state index contributed by atoms with van der Waals surface area (Å²) in [7, 11) is 0. The van der Waals surface area contributed by atoms with Crippen LogP contribution in [0.1, 0.15) is 37.7 Å². The van der Waals surface area contributed by atoms with Crippen molar-refractivity contribution in [2.75, 3.05) is 4.90 Å². The smallest absolute Gasteiger partial charge is 0.146 e. The van der Waals surface area contributed by atoms with E-state index in [-0.39, 0.29) is 5.41 Å². The molecule has 0 fully saturated rings. The lowest BCUT2D eigenvalue weighted by Gasteiger charge is -2.34. The van der Waals surface area contributed by atoms with Crippen LogP contribution in [-0.4, -0.2) is 19.5 Å². The Morgan fingerprint density at radius 3 is 2.47 bits per heavy atom. The van der Waals surface area contributed by atoms with Crippen molar-refractivity contribution in [3.05, 3.63) is 102 Å². The van der Waals surface area contributed by atoms with Gasteiger partial charge in [-0.05, 0) is 67.3 Å². The van der Waals surface area contributed by atoms with Crippen molar-refractivity contribution in [3.63, 3.8) is 0 Å². The lowest BCUT2D eigenvalue weighted by molar-refractivity contribution is 0.476. The summed E-state index contributed by atoms with van der Waals surface area (Å²) in [6, 6.07) is 22.8. The van der Waals surface area contributed by atoms with E-state index in [9.17, 15) is 0 Å². The van der Waals surface area contributed by atoms with Crippen molar-refractivity contribution < 1.29 is 4.74 Å². The Labute approximate surface area is 223 Å². The van der Waals surface area contributed by atoms with E-state index in [1.807, 2.05) is 30.5 Å². The molecule has 2 aromatic carbocycles. The summed E-state index contributed by atoms with van der Waals surface area (Å²) >= 11 is 0. The summed E-state index contributed by atoms with van der Waals surface area (Å²) in [5, 5.41) is 0. The number of imidazole rings is 1. The number of nitrogens with zero attached hydrogens (tertiary/aromatic N) is 5. The third kappa shape index (κ3) is 4.32. The number of aromatic nitrogens is 4. The third-order valence-corrected chi connectivity index (χ3v) is 7.15. The molecule has 0 saturated carbocycles. The summed E-state index contributed by atoms with van der Waals surface area (Å²) in [5.41, 5.74) is 8.49. The van der Waals surface area contributed by atoms with Gasteiger partial charge in [0.25, 0.3) is 0 Å². The van der Waals surface area contributed by atoms with E-state index in [0.29, 0.717) is 12.4 Å². The molecule has 5 aromatic rings. The Kier molecular flexibility index (Phi) is 5.75. The van der Waals surface area contributed by atoms with Crippen LogP contribution >= 0.6 is 0 Å². The maximum atomic E-state index is 6.46. The van der Waals surface area contributed by atoms with Gasteiger partial charge in [0.1, 0.15) is 24.0 Å². The quantitative estimate of drug-likeness (QED) is 0.251. The third-order valence-electron chi connectivity index (χ3n) is 7.15. The molecule has 0 atom stereocenters. The molecule has 6 heteroatoms. The monoisotopic (exact) mass is 501 g/mol. The standard InChI is InChI=1S/C32H31N5O/c1-21-22(2)36-20-37(30-12-7-6-10-28(30)31(36)35-21)25-15-24(32(3,4)5)16-26(17-25)38-27-14-23(18-33-19-27)29-11-8-9-13-34-29/h6-19H,20H2,1-5H3. The van der Waals surface area contributed by atoms with Crippen molar-refractivity contribution in [1.29, 1.82) is 0 Å². The van der Waals surface area contributed by atoms with Gasteiger partial charge in [0.05, 0.1) is 23.3 Å². The van der Waals surface area contributed by atoms with Crippen LogP contribution in [0, 0.1) is 13.8 Å². The lowest BCUT2D eigenvalue weighted by Crippen LogP contribution is -2.27. The van der Waals surface area contributed by atoms with Crippen molar-refractivity contribution in [1.82, 2.24) is 19.5 Å². The molecule has 0 spiro atoms. The molecule has 4 heterocycles. The number of fused-ring (bicyclic) bond motifs is 3. The molecule has 0 unspecified atom stereocenters. The Morgan fingerprint density at radius 1 is 0.868 bits per heavy atom. The second-order valence-electron chi connectivity index (χ2n) is 10.8. The highest BCUT2D eigenvalue weighted by Gasteiger charge is 2.27. The van der Waals surface area contributed by atoms with Gasteiger partial charge >= 0.3 is 0 Å². The SMILES string of the molecule is Cc1nc2n(c1C)CN(c1cc(Oc3cncc(-c4ccccn4)c3)cc(C(C)(C)C)c1)c1ccccc1-2. The van der Waals surface area contributed by atoms with E-state index in [4.69, 9.17) is 9.72 Å². The summed E-state index contributed by atoms with van der Waals surface area (Å²) in [5.74, 6) is 2.47. The van der Waals surface area contributed by atoms with Crippen LogP contribution in [-0.2, 0) is 12.1 Å². The van der Waals surface area contributed by atoms with Gasteiger partial charge in [0.2, 0.25) is 0 Å². The maximum absolute atomic E-state index is 6.46. The molecule has 38 heavy (non-hydrogen) atoms.